The van der Waals surface area contributed by atoms with Gasteiger partial charge in [-0.25, -0.2) is 4.68 Å². The second-order valence-corrected chi connectivity index (χ2v) is 5.82. The Morgan fingerprint density at radius 1 is 0.913 bits per heavy atom. The molecule has 0 aliphatic rings. The van der Waals surface area contributed by atoms with Crippen molar-refractivity contribution < 1.29 is 0 Å². The average Bonchev–Trinajstić information content (AvgIpc) is 2.98. The van der Waals surface area contributed by atoms with E-state index in [1.165, 1.54) is 16.7 Å². The maximum atomic E-state index is 5.83. The van der Waals surface area contributed by atoms with Crippen LogP contribution in [0, 0.1) is 6.92 Å². The molecule has 0 atom stereocenters. The SMILES string of the molecule is Cc1ccc(Cn2nnc(CN)c2CCc2ccccc2)cc1. The summed E-state index contributed by atoms with van der Waals surface area (Å²) in [5.41, 5.74) is 11.7. The van der Waals surface area contributed by atoms with Crippen LogP contribution in [0.25, 0.3) is 0 Å². The Balaban J connectivity index is 1.78. The molecule has 1 heterocycles. The number of hydrogen-bond acceptors (Lipinski definition) is 3. The lowest BCUT2D eigenvalue weighted by Crippen LogP contribution is -2.10. The Bertz CT molecular complexity index is 745. The van der Waals surface area contributed by atoms with Crippen LogP contribution in [0.5, 0.6) is 0 Å². The minimum atomic E-state index is 0.429. The van der Waals surface area contributed by atoms with Crippen LogP contribution in [0.15, 0.2) is 54.6 Å². The third kappa shape index (κ3) is 3.85. The van der Waals surface area contributed by atoms with Crippen molar-refractivity contribution in [3.8, 4) is 0 Å². The Morgan fingerprint density at radius 3 is 2.35 bits per heavy atom. The quantitative estimate of drug-likeness (QED) is 0.762. The number of nitrogens with two attached hydrogens (primary N) is 1. The van der Waals surface area contributed by atoms with Gasteiger partial charge in [0.1, 0.15) is 0 Å². The maximum Gasteiger partial charge on any atom is 0.0994 e. The zero-order valence-electron chi connectivity index (χ0n) is 13.4. The summed E-state index contributed by atoms with van der Waals surface area (Å²) in [5.74, 6) is 0. The van der Waals surface area contributed by atoms with Crippen LogP contribution in [0.2, 0.25) is 0 Å². The van der Waals surface area contributed by atoms with Crippen molar-refractivity contribution in [1.29, 1.82) is 0 Å². The molecule has 1 aromatic heterocycles. The van der Waals surface area contributed by atoms with Gasteiger partial charge in [0.2, 0.25) is 0 Å². The van der Waals surface area contributed by atoms with E-state index in [0.717, 1.165) is 30.8 Å². The minimum absolute atomic E-state index is 0.429. The van der Waals surface area contributed by atoms with Crippen LogP contribution >= 0.6 is 0 Å². The standard InChI is InChI=1S/C19H22N4/c1-15-7-9-17(10-8-15)14-23-19(18(13-20)21-22-23)12-11-16-5-3-2-4-6-16/h2-10H,11-14,20H2,1H3. The van der Waals surface area contributed by atoms with Gasteiger partial charge in [-0.2, -0.15) is 0 Å². The van der Waals surface area contributed by atoms with Crippen molar-refractivity contribution in [3.63, 3.8) is 0 Å². The van der Waals surface area contributed by atoms with Crippen molar-refractivity contribution in [2.24, 2.45) is 5.73 Å². The molecule has 0 amide bonds. The molecular weight excluding hydrogens is 284 g/mol. The summed E-state index contributed by atoms with van der Waals surface area (Å²) in [7, 11) is 0. The van der Waals surface area contributed by atoms with Gasteiger partial charge in [0.25, 0.3) is 0 Å². The van der Waals surface area contributed by atoms with Gasteiger partial charge < -0.3 is 5.73 Å². The highest BCUT2D eigenvalue weighted by atomic mass is 15.4. The Labute approximate surface area is 137 Å². The lowest BCUT2D eigenvalue weighted by molar-refractivity contribution is 0.615. The topological polar surface area (TPSA) is 56.7 Å². The normalized spacial score (nSPS) is 10.9. The van der Waals surface area contributed by atoms with Crippen LogP contribution in [0.4, 0.5) is 0 Å². The van der Waals surface area contributed by atoms with Crippen molar-refractivity contribution in [3.05, 3.63) is 82.7 Å². The second kappa shape index (κ2) is 7.20. The maximum absolute atomic E-state index is 5.83. The van der Waals surface area contributed by atoms with Gasteiger partial charge in [-0.15, -0.1) is 5.10 Å². The summed E-state index contributed by atoms with van der Waals surface area (Å²) in [6, 6.07) is 19.0. The third-order valence-electron chi connectivity index (χ3n) is 4.06. The van der Waals surface area contributed by atoms with Crippen LogP contribution in [0.3, 0.4) is 0 Å². The third-order valence-corrected chi connectivity index (χ3v) is 4.06. The molecule has 2 N–H and O–H groups in total. The molecule has 0 aliphatic heterocycles. The summed E-state index contributed by atoms with van der Waals surface area (Å²) in [5, 5.41) is 8.55. The summed E-state index contributed by atoms with van der Waals surface area (Å²) in [4.78, 5) is 0. The molecule has 0 aliphatic carbocycles. The largest absolute Gasteiger partial charge is 0.325 e. The zero-order chi connectivity index (χ0) is 16.1. The van der Waals surface area contributed by atoms with Crippen LogP contribution in [-0.2, 0) is 25.9 Å². The number of aromatic nitrogens is 3. The van der Waals surface area contributed by atoms with Gasteiger partial charge in [-0.3, -0.25) is 0 Å². The molecular formula is C19H22N4. The van der Waals surface area contributed by atoms with Crippen LogP contribution in [-0.4, -0.2) is 15.0 Å². The van der Waals surface area contributed by atoms with E-state index in [2.05, 4.69) is 65.8 Å². The van der Waals surface area contributed by atoms with Gasteiger partial charge in [-0.1, -0.05) is 65.4 Å². The second-order valence-electron chi connectivity index (χ2n) is 5.82. The average molecular weight is 306 g/mol. The van der Waals surface area contributed by atoms with E-state index in [9.17, 15) is 0 Å². The van der Waals surface area contributed by atoms with E-state index in [0.29, 0.717) is 6.54 Å². The molecule has 0 bridgehead atoms. The molecule has 4 nitrogen and oxygen atoms in total. The van der Waals surface area contributed by atoms with E-state index >= 15 is 0 Å². The molecule has 0 radical (unpaired) electrons. The van der Waals surface area contributed by atoms with Crippen LogP contribution < -0.4 is 5.73 Å². The highest BCUT2D eigenvalue weighted by Crippen LogP contribution is 2.13. The van der Waals surface area contributed by atoms with Crippen molar-refractivity contribution in [2.75, 3.05) is 0 Å². The Kier molecular flexibility index (Phi) is 4.83. The van der Waals surface area contributed by atoms with E-state index in [-0.39, 0.29) is 0 Å². The Hall–Kier alpha value is -2.46. The predicted octanol–water partition coefficient (Wildman–Crippen LogP) is 2.88. The number of rotatable bonds is 6. The van der Waals surface area contributed by atoms with Crippen molar-refractivity contribution in [1.82, 2.24) is 15.0 Å². The lowest BCUT2D eigenvalue weighted by atomic mass is 10.1. The highest BCUT2D eigenvalue weighted by molar-refractivity contribution is 5.23. The summed E-state index contributed by atoms with van der Waals surface area (Å²) in [6.07, 6.45) is 1.87. The molecule has 0 saturated carbocycles. The first kappa shape index (κ1) is 15.4. The molecule has 3 aromatic rings. The number of benzene rings is 2. The lowest BCUT2D eigenvalue weighted by Gasteiger charge is -2.08. The fraction of sp³-hybridized carbons (Fsp3) is 0.263. The monoisotopic (exact) mass is 306 g/mol. The zero-order valence-corrected chi connectivity index (χ0v) is 13.4. The fourth-order valence-electron chi connectivity index (χ4n) is 2.70. The molecule has 4 heteroatoms. The smallest absolute Gasteiger partial charge is 0.0994 e. The van der Waals surface area contributed by atoms with Gasteiger partial charge in [0.15, 0.2) is 0 Å². The number of aryl methyl sites for hydroxylation is 2. The molecule has 0 saturated heterocycles. The fourth-order valence-corrected chi connectivity index (χ4v) is 2.70. The molecule has 0 fully saturated rings. The van der Waals surface area contributed by atoms with E-state index < -0.39 is 0 Å². The molecule has 2 aromatic carbocycles. The van der Waals surface area contributed by atoms with Crippen LogP contribution in [0.1, 0.15) is 28.1 Å². The summed E-state index contributed by atoms with van der Waals surface area (Å²) in [6.45, 7) is 3.26. The number of nitrogens with zero attached hydrogens (tertiary/aromatic N) is 3. The molecule has 3 rings (SSSR count). The molecule has 0 unspecified atom stereocenters. The summed E-state index contributed by atoms with van der Waals surface area (Å²) < 4.78 is 1.98. The molecule has 118 valence electrons. The van der Waals surface area contributed by atoms with Gasteiger partial charge >= 0.3 is 0 Å². The first-order chi connectivity index (χ1) is 11.3. The van der Waals surface area contributed by atoms with E-state index in [4.69, 9.17) is 5.73 Å². The van der Waals surface area contributed by atoms with Gasteiger partial charge in [0, 0.05) is 6.54 Å². The highest BCUT2D eigenvalue weighted by Gasteiger charge is 2.12. The minimum Gasteiger partial charge on any atom is -0.325 e. The molecule has 0 spiro atoms. The Morgan fingerprint density at radius 2 is 1.65 bits per heavy atom. The van der Waals surface area contributed by atoms with E-state index in [1.807, 2.05) is 10.7 Å². The predicted molar refractivity (Wildman–Crippen MR) is 92.0 cm³/mol. The molecule has 23 heavy (non-hydrogen) atoms. The van der Waals surface area contributed by atoms with Gasteiger partial charge in [-0.05, 0) is 30.9 Å². The first-order valence-corrected chi connectivity index (χ1v) is 7.97. The first-order valence-electron chi connectivity index (χ1n) is 7.97. The van der Waals surface area contributed by atoms with E-state index in [1.54, 1.807) is 0 Å². The van der Waals surface area contributed by atoms with Crippen molar-refractivity contribution >= 4 is 0 Å². The number of hydrogen-bond donors (Lipinski definition) is 1. The van der Waals surface area contributed by atoms with Crippen molar-refractivity contribution in [2.45, 2.75) is 32.9 Å². The van der Waals surface area contributed by atoms with Gasteiger partial charge in [0.05, 0.1) is 17.9 Å². The summed E-state index contributed by atoms with van der Waals surface area (Å²) >= 11 is 0.